The Morgan fingerprint density at radius 1 is 0.941 bits per heavy atom. The lowest BCUT2D eigenvalue weighted by Crippen LogP contribution is -2.42. The highest BCUT2D eigenvalue weighted by Crippen LogP contribution is 2.21. The van der Waals surface area contributed by atoms with Crippen LogP contribution in [0.15, 0.2) is 54.6 Å². The SMILES string of the molecule is CN(C)C(=O)C1CCN(C(=O)c2ccc(C(=O)/C=C/c3nc4ccccc4nc3O)cc2)CC1. The Bertz CT molecular complexity index is 1260. The van der Waals surface area contributed by atoms with Crippen molar-refractivity contribution in [3.05, 3.63) is 71.4 Å². The Hall–Kier alpha value is -4.07. The molecule has 0 radical (unpaired) electrons. The second-order valence-corrected chi connectivity index (χ2v) is 8.50. The van der Waals surface area contributed by atoms with Crippen LogP contribution in [-0.2, 0) is 4.79 Å². The van der Waals surface area contributed by atoms with Crippen LogP contribution < -0.4 is 0 Å². The lowest BCUT2D eigenvalue weighted by Gasteiger charge is -2.32. The molecule has 1 aliphatic rings. The number of aromatic nitrogens is 2. The van der Waals surface area contributed by atoms with E-state index in [0.29, 0.717) is 48.1 Å². The number of amides is 2. The standard InChI is InChI=1S/C26H26N4O4/c1-29(2)25(33)19-13-15-30(16-14-19)26(34)18-9-7-17(8-10-18)23(31)12-11-22-24(32)28-21-6-4-3-5-20(21)27-22/h3-12,19H,13-16H2,1-2H3,(H,28,32)/b12-11+. The van der Waals surface area contributed by atoms with Gasteiger partial charge in [0.15, 0.2) is 5.78 Å². The van der Waals surface area contributed by atoms with E-state index in [1.54, 1.807) is 66.4 Å². The maximum Gasteiger partial charge on any atom is 0.253 e. The molecule has 1 N–H and O–H groups in total. The number of carbonyl (C=O) groups is 3. The van der Waals surface area contributed by atoms with Crippen molar-refractivity contribution in [2.45, 2.75) is 12.8 Å². The summed E-state index contributed by atoms with van der Waals surface area (Å²) in [5.41, 5.74) is 2.30. The average Bonchev–Trinajstić information content (AvgIpc) is 2.86. The Morgan fingerprint density at radius 2 is 1.53 bits per heavy atom. The number of fused-ring (bicyclic) bond motifs is 1. The summed E-state index contributed by atoms with van der Waals surface area (Å²) in [5, 5.41) is 10.1. The smallest absolute Gasteiger partial charge is 0.253 e. The van der Waals surface area contributed by atoms with Crippen molar-refractivity contribution in [2.75, 3.05) is 27.2 Å². The maximum atomic E-state index is 12.8. The van der Waals surface area contributed by atoms with E-state index in [1.165, 1.54) is 12.2 Å². The molecular formula is C26H26N4O4. The van der Waals surface area contributed by atoms with Crippen LogP contribution >= 0.6 is 0 Å². The molecule has 0 aliphatic carbocycles. The van der Waals surface area contributed by atoms with Crippen molar-refractivity contribution in [3.8, 4) is 5.88 Å². The van der Waals surface area contributed by atoms with Gasteiger partial charge in [-0.15, -0.1) is 0 Å². The molecule has 1 aliphatic heterocycles. The van der Waals surface area contributed by atoms with Gasteiger partial charge >= 0.3 is 0 Å². The zero-order valence-electron chi connectivity index (χ0n) is 19.1. The van der Waals surface area contributed by atoms with E-state index in [1.807, 2.05) is 6.07 Å². The zero-order valence-corrected chi connectivity index (χ0v) is 19.1. The highest BCUT2D eigenvalue weighted by Gasteiger charge is 2.28. The predicted molar refractivity (Wildman–Crippen MR) is 128 cm³/mol. The van der Waals surface area contributed by atoms with E-state index in [2.05, 4.69) is 9.97 Å². The molecule has 0 unspecified atom stereocenters. The molecule has 34 heavy (non-hydrogen) atoms. The summed E-state index contributed by atoms with van der Waals surface area (Å²) in [5.74, 6) is -0.582. The summed E-state index contributed by atoms with van der Waals surface area (Å²) in [6.45, 7) is 1.06. The van der Waals surface area contributed by atoms with Gasteiger partial charge in [-0.1, -0.05) is 24.3 Å². The van der Waals surface area contributed by atoms with E-state index in [9.17, 15) is 19.5 Å². The molecule has 2 amide bonds. The number of benzene rings is 2. The van der Waals surface area contributed by atoms with Crippen LogP contribution in [0.1, 0.15) is 39.3 Å². The Balaban J connectivity index is 1.40. The van der Waals surface area contributed by atoms with Gasteiger partial charge in [-0.25, -0.2) is 9.97 Å². The van der Waals surface area contributed by atoms with E-state index in [0.717, 1.165) is 0 Å². The predicted octanol–water partition coefficient (Wildman–Crippen LogP) is 3.17. The summed E-state index contributed by atoms with van der Waals surface area (Å²) in [7, 11) is 3.49. The molecule has 0 saturated carbocycles. The number of carbonyl (C=O) groups excluding carboxylic acids is 3. The van der Waals surface area contributed by atoms with Crippen molar-refractivity contribution in [1.29, 1.82) is 0 Å². The summed E-state index contributed by atoms with van der Waals surface area (Å²) in [6.07, 6.45) is 4.04. The lowest BCUT2D eigenvalue weighted by molar-refractivity contribution is -0.134. The molecule has 4 rings (SSSR count). The summed E-state index contributed by atoms with van der Waals surface area (Å²) in [4.78, 5) is 49.3. The first-order chi connectivity index (χ1) is 16.3. The number of ketones is 1. The van der Waals surface area contributed by atoms with Crippen LogP contribution in [-0.4, -0.2) is 69.7 Å². The Morgan fingerprint density at radius 3 is 2.15 bits per heavy atom. The highest BCUT2D eigenvalue weighted by atomic mass is 16.3. The molecule has 0 spiro atoms. The van der Waals surface area contributed by atoms with E-state index in [4.69, 9.17) is 0 Å². The second kappa shape index (κ2) is 9.82. The third-order valence-electron chi connectivity index (χ3n) is 5.96. The highest BCUT2D eigenvalue weighted by molar-refractivity contribution is 6.07. The molecule has 1 saturated heterocycles. The van der Waals surface area contributed by atoms with Crippen LogP contribution in [0, 0.1) is 5.92 Å². The molecule has 3 aromatic rings. The van der Waals surface area contributed by atoms with Crippen molar-refractivity contribution < 1.29 is 19.5 Å². The van der Waals surface area contributed by atoms with E-state index in [-0.39, 0.29) is 35.1 Å². The van der Waals surface area contributed by atoms with Gasteiger partial charge < -0.3 is 14.9 Å². The largest absolute Gasteiger partial charge is 0.492 e. The summed E-state index contributed by atoms with van der Waals surface area (Å²) >= 11 is 0. The monoisotopic (exact) mass is 458 g/mol. The van der Waals surface area contributed by atoms with Gasteiger partial charge in [-0.3, -0.25) is 14.4 Å². The minimum Gasteiger partial charge on any atom is -0.492 e. The van der Waals surface area contributed by atoms with Crippen molar-refractivity contribution >= 4 is 34.7 Å². The van der Waals surface area contributed by atoms with Gasteiger partial charge in [0.05, 0.1) is 11.0 Å². The number of aromatic hydroxyl groups is 1. The number of hydrogen-bond donors (Lipinski definition) is 1. The first-order valence-electron chi connectivity index (χ1n) is 11.1. The molecule has 0 bridgehead atoms. The molecule has 2 aromatic carbocycles. The molecular weight excluding hydrogens is 432 g/mol. The normalized spacial score (nSPS) is 14.5. The topological polar surface area (TPSA) is 104 Å². The molecule has 1 fully saturated rings. The second-order valence-electron chi connectivity index (χ2n) is 8.50. The number of nitrogens with zero attached hydrogens (tertiary/aromatic N) is 4. The third kappa shape index (κ3) is 4.96. The van der Waals surface area contributed by atoms with Crippen LogP contribution in [0.3, 0.4) is 0 Å². The minimum atomic E-state index is -0.281. The van der Waals surface area contributed by atoms with Gasteiger partial charge in [0.1, 0.15) is 5.69 Å². The fourth-order valence-electron chi connectivity index (χ4n) is 4.02. The van der Waals surface area contributed by atoms with Crippen molar-refractivity contribution in [1.82, 2.24) is 19.8 Å². The average molecular weight is 459 g/mol. The first kappa shape index (κ1) is 23.1. The van der Waals surface area contributed by atoms with Gasteiger partial charge in [0.25, 0.3) is 5.91 Å². The molecule has 8 heteroatoms. The zero-order chi connectivity index (χ0) is 24.2. The third-order valence-corrected chi connectivity index (χ3v) is 5.96. The molecule has 174 valence electrons. The number of rotatable bonds is 5. The van der Waals surface area contributed by atoms with Crippen LogP contribution in [0.5, 0.6) is 5.88 Å². The van der Waals surface area contributed by atoms with Gasteiger partial charge in [-0.05, 0) is 49.3 Å². The molecule has 8 nitrogen and oxygen atoms in total. The number of para-hydroxylation sites is 2. The number of piperidine rings is 1. The molecule has 2 heterocycles. The van der Waals surface area contributed by atoms with E-state index >= 15 is 0 Å². The Kier molecular flexibility index (Phi) is 6.67. The first-order valence-corrected chi connectivity index (χ1v) is 11.1. The maximum absolute atomic E-state index is 12.8. The van der Waals surface area contributed by atoms with E-state index < -0.39 is 0 Å². The number of likely N-dealkylation sites (tertiary alicyclic amines) is 1. The van der Waals surface area contributed by atoms with Crippen LogP contribution in [0.2, 0.25) is 0 Å². The molecule has 1 aromatic heterocycles. The summed E-state index contributed by atoms with van der Waals surface area (Å²) < 4.78 is 0. The van der Waals surface area contributed by atoms with Crippen LogP contribution in [0.4, 0.5) is 0 Å². The van der Waals surface area contributed by atoms with Crippen LogP contribution in [0.25, 0.3) is 17.1 Å². The van der Waals surface area contributed by atoms with Gasteiger partial charge in [0, 0.05) is 44.2 Å². The van der Waals surface area contributed by atoms with Crippen molar-refractivity contribution in [3.63, 3.8) is 0 Å². The fourth-order valence-corrected chi connectivity index (χ4v) is 4.02. The summed E-state index contributed by atoms with van der Waals surface area (Å²) in [6, 6.07) is 13.6. The fraction of sp³-hybridized carbons (Fsp3) is 0.269. The lowest BCUT2D eigenvalue weighted by atomic mass is 9.95. The number of hydrogen-bond acceptors (Lipinski definition) is 6. The van der Waals surface area contributed by atoms with Gasteiger partial charge in [0.2, 0.25) is 11.8 Å². The minimum absolute atomic E-state index is 0.0439. The molecule has 0 atom stereocenters. The van der Waals surface area contributed by atoms with Gasteiger partial charge in [-0.2, -0.15) is 0 Å². The quantitative estimate of drug-likeness (QED) is 0.465. The number of allylic oxidation sites excluding steroid dienone is 1. The Labute approximate surface area is 197 Å². The van der Waals surface area contributed by atoms with Crippen molar-refractivity contribution in [2.24, 2.45) is 5.92 Å².